The molecule has 2 aromatic rings. The molecule has 2 fully saturated rings. The van der Waals surface area contributed by atoms with E-state index in [0.717, 1.165) is 30.8 Å². The van der Waals surface area contributed by atoms with E-state index in [1.54, 1.807) is 6.33 Å². The Morgan fingerprint density at radius 2 is 2.16 bits per heavy atom. The van der Waals surface area contributed by atoms with Crippen molar-refractivity contribution in [3.05, 3.63) is 30.1 Å². The van der Waals surface area contributed by atoms with Crippen LogP contribution in [-0.4, -0.2) is 29.7 Å². The number of hydrogen-bond acceptors (Lipinski definition) is 3. The lowest BCUT2D eigenvalue weighted by molar-refractivity contribution is -0.153. The zero-order valence-corrected chi connectivity index (χ0v) is 11.0. The minimum atomic E-state index is 0.124. The van der Waals surface area contributed by atoms with Crippen molar-refractivity contribution in [3.63, 3.8) is 0 Å². The number of aromatic nitrogens is 2. The number of hydrogen-bond donors (Lipinski definition) is 2. The Balaban J connectivity index is 1.83. The Labute approximate surface area is 112 Å². The fraction of sp³-hybridized carbons (Fsp3) is 0.533. The van der Waals surface area contributed by atoms with Crippen LogP contribution in [0, 0.1) is 5.41 Å². The number of ether oxygens (including phenoxy) is 1. The average molecular weight is 257 g/mol. The van der Waals surface area contributed by atoms with Gasteiger partial charge in [-0.3, -0.25) is 0 Å². The number of nitrogens with two attached hydrogens (primary N) is 1. The molecule has 4 nitrogen and oxygen atoms in total. The molecule has 0 unspecified atom stereocenters. The smallest absolute Gasteiger partial charge is 0.0931 e. The lowest BCUT2D eigenvalue weighted by atomic mass is 9.50. The normalized spacial score (nSPS) is 23.8. The highest BCUT2D eigenvalue weighted by molar-refractivity contribution is 5.75. The second-order valence-corrected chi connectivity index (χ2v) is 6.05. The van der Waals surface area contributed by atoms with Crippen LogP contribution in [0.15, 0.2) is 24.5 Å². The van der Waals surface area contributed by atoms with Crippen LogP contribution in [0.25, 0.3) is 11.0 Å². The van der Waals surface area contributed by atoms with Crippen LogP contribution in [0.5, 0.6) is 0 Å². The molecule has 1 aliphatic carbocycles. The average Bonchev–Trinajstić information content (AvgIpc) is 2.78. The number of imidazole rings is 1. The number of benzene rings is 1. The van der Waals surface area contributed by atoms with Crippen molar-refractivity contribution in [3.8, 4) is 0 Å². The summed E-state index contributed by atoms with van der Waals surface area (Å²) < 4.78 is 5.59. The minimum absolute atomic E-state index is 0.124. The molecule has 3 N–H and O–H groups in total. The molecule has 1 saturated heterocycles. The molecular formula is C15H19N3O. The first-order valence-corrected chi connectivity index (χ1v) is 7.01. The van der Waals surface area contributed by atoms with Gasteiger partial charge in [-0.25, -0.2) is 4.98 Å². The largest absolute Gasteiger partial charge is 0.379 e. The second kappa shape index (κ2) is 3.81. The number of aromatic amines is 1. The van der Waals surface area contributed by atoms with E-state index in [0.29, 0.717) is 0 Å². The third-order valence-electron chi connectivity index (χ3n) is 5.39. The number of rotatable bonds is 3. The standard InChI is InChI=1S/C15H19N3O/c16-7-14(4-1-5-14)15(8-19-9-15)11-2-3-12-13(6-11)18-10-17-12/h2-3,6,10H,1,4-5,7-9,16H2,(H,17,18). The van der Waals surface area contributed by atoms with E-state index in [2.05, 4.69) is 28.2 Å². The van der Waals surface area contributed by atoms with E-state index in [-0.39, 0.29) is 10.8 Å². The summed E-state index contributed by atoms with van der Waals surface area (Å²) >= 11 is 0. The summed E-state index contributed by atoms with van der Waals surface area (Å²) in [5.41, 5.74) is 9.98. The van der Waals surface area contributed by atoms with Crippen LogP contribution >= 0.6 is 0 Å². The Hall–Kier alpha value is -1.39. The topological polar surface area (TPSA) is 63.9 Å². The summed E-state index contributed by atoms with van der Waals surface area (Å²) in [7, 11) is 0. The van der Waals surface area contributed by atoms with Crippen LogP contribution in [0.4, 0.5) is 0 Å². The van der Waals surface area contributed by atoms with Crippen molar-refractivity contribution in [2.75, 3.05) is 19.8 Å². The zero-order chi connectivity index (χ0) is 12.9. The van der Waals surface area contributed by atoms with Gasteiger partial charge in [0, 0.05) is 5.41 Å². The van der Waals surface area contributed by atoms with Crippen LogP contribution in [-0.2, 0) is 10.2 Å². The minimum Gasteiger partial charge on any atom is -0.379 e. The van der Waals surface area contributed by atoms with Crippen LogP contribution in [0.3, 0.4) is 0 Å². The maximum atomic E-state index is 6.12. The van der Waals surface area contributed by atoms with Gasteiger partial charge in [0.2, 0.25) is 0 Å². The van der Waals surface area contributed by atoms with E-state index in [1.807, 2.05) is 0 Å². The zero-order valence-electron chi connectivity index (χ0n) is 11.0. The van der Waals surface area contributed by atoms with Gasteiger partial charge in [0.15, 0.2) is 0 Å². The Morgan fingerprint density at radius 3 is 2.74 bits per heavy atom. The molecule has 0 bridgehead atoms. The summed E-state index contributed by atoms with van der Waals surface area (Å²) in [5.74, 6) is 0. The van der Waals surface area contributed by atoms with E-state index >= 15 is 0 Å². The molecule has 1 aromatic carbocycles. The molecule has 2 heterocycles. The van der Waals surface area contributed by atoms with Gasteiger partial charge in [0.1, 0.15) is 0 Å². The van der Waals surface area contributed by atoms with Crippen molar-refractivity contribution in [1.29, 1.82) is 0 Å². The number of nitrogens with zero attached hydrogens (tertiary/aromatic N) is 1. The summed E-state index contributed by atoms with van der Waals surface area (Å²) in [6, 6.07) is 6.55. The van der Waals surface area contributed by atoms with Gasteiger partial charge in [-0.1, -0.05) is 12.5 Å². The first-order chi connectivity index (χ1) is 9.30. The molecule has 4 heteroatoms. The van der Waals surface area contributed by atoms with Gasteiger partial charge in [0.25, 0.3) is 0 Å². The second-order valence-electron chi connectivity index (χ2n) is 6.05. The van der Waals surface area contributed by atoms with Crippen LogP contribution in [0.2, 0.25) is 0 Å². The number of fused-ring (bicyclic) bond motifs is 1. The van der Waals surface area contributed by atoms with E-state index in [1.165, 1.54) is 24.8 Å². The van der Waals surface area contributed by atoms with E-state index < -0.39 is 0 Å². The molecule has 0 radical (unpaired) electrons. The molecule has 1 saturated carbocycles. The van der Waals surface area contributed by atoms with Crippen molar-refractivity contribution >= 4 is 11.0 Å². The van der Waals surface area contributed by atoms with Gasteiger partial charge >= 0.3 is 0 Å². The first-order valence-electron chi connectivity index (χ1n) is 7.01. The summed E-state index contributed by atoms with van der Waals surface area (Å²) in [6.45, 7) is 2.38. The van der Waals surface area contributed by atoms with Crippen molar-refractivity contribution in [2.24, 2.45) is 11.1 Å². The molecule has 100 valence electrons. The molecule has 1 aliphatic heterocycles. The van der Waals surface area contributed by atoms with E-state index in [9.17, 15) is 0 Å². The highest BCUT2D eigenvalue weighted by atomic mass is 16.5. The predicted octanol–water partition coefficient (Wildman–Crippen LogP) is 1.96. The third-order valence-corrected chi connectivity index (χ3v) is 5.39. The maximum Gasteiger partial charge on any atom is 0.0931 e. The van der Waals surface area contributed by atoms with Gasteiger partial charge in [-0.2, -0.15) is 0 Å². The van der Waals surface area contributed by atoms with Gasteiger partial charge in [-0.05, 0) is 42.5 Å². The maximum absolute atomic E-state index is 6.12. The molecule has 1 aromatic heterocycles. The van der Waals surface area contributed by atoms with Gasteiger partial charge < -0.3 is 15.5 Å². The lowest BCUT2D eigenvalue weighted by Gasteiger charge is -2.60. The fourth-order valence-corrected chi connectivity index (χ4v) is 3.80. The van der Waals surface area contributed by atoms with Gasteiger partial charge in [-0.15, -0.1) is 0 Å². The Morgan fingerprint density at radius 1 is 1.32 bits per heavy atom. The van der Waals surface area contributed by atoms with Crippen molar-refractivity contribution < 1.29 is 4.74 Å². The monoisotopic (exact) mass is 257 g/mol. The highest BCUT2D eigenvalue weighted by Gasteiger charge is 2.58. The summed E-state index contributed by atoms with van der Waals surface area (Å²) in [5, 5.41) is 0. The Bertz CT molecular complexity index is 605. The number of nitrogens with one attached hydrogen (secondary N) is 1. The SMILES string of the molecule is NCC1(C2(c3ccc4nc[nH]c4c3)COC2)CCC1. The van der Waals surface area contributed by atoms with Gasteiger partial charge in [0.05, 0.1) is 30.6 Å². The molecule has 0 spiro atoms. The van der Waals surface area contributed by atoms with Crippen molar-refractivity contribution in [2.45, 2.75) is 24.7 Å². The summed E-state index contributed by atoms with van der Waals surface area (Å²) in [4.78, 5) is 7.49. The molecule has 19 heavy (non-hydrogen) atoms. The highest BCUT2D eigenvalue weighted by Crippen LogP contribution is 2.57. The third kappa shape index (κ3) is 1.33. The summed E-state index contributed by atoms with van der Waals surface area (Å²) in [6.07, 6.45) is 5.51. The molecule has 0 atom stereocenters. The van der Waals surface area contributed by atoms with Crippen molar-refractivity contribution in [1.82, 2.24) is 9.97 Å². The number of H-pyrrole nitrogens is 1. The Kier molecular flexibility index (Phi) is 2.29. The first kappa shape index (κ1) is 11.4. The lowest BCUT2D eigenvalue weighted by Crippen LogP contribution is -2.64. The van der Waals surface area contributed by atoms with Crippen LogP contribution in [0.1, 0.15) is 24.8 Å². The molecule has 0 amide bonds. The quantitative estimate of drug-likeness (QED) is 0.883. The van der Waals surface area contributed by atoms with Crippen LogP contribution < -0.4 is 5.73 Å². The predicted molar refractivity (Wildman–Crippen MR) is 73.9 cm³/mol. The molecule has 4 rings (SSSR count). The van der Waals surface area contributed by atoms with E-state index in [4.69, 9.17) is 10.5 Å². The molecule has 2 aliphatic rings. The fourth-order valence-electron chi connectivity index (χ4n) is 3.80. The molecular weight excluding hydrogens is 238 g/mol.